The molecule has 7 nitrogen and oxygen atoms in total. The van der Waals surface area contributed by atoms with E-state index in [9.17, 15) is 17.6 Å². The Morgan fingerprint density at radius 1 is 0.941 bits per heavy atom. The summed E-state index contributed by atoms with van der Waals surface area (Å²) >= 11 is 0. The summed E-state index contributed by atoms with van der Waals surface area (Å²) in [6.45, 7) is 0.151. The number of fused-ring (bicyclic) bond motifs is 1. The van der Waals surface area contributed by atoms with Crippen LogP contribution in [-0.4, -0.2) is 39.5 Å². The van der Waals surface area contributed by atoms with Crippen molar-refractivity contribution >= 4 is 21.6 Å². The topological polar surface area (TPSA) is 84.9 Å². The zero-order chi connectivity index (χ0) is 24.1. The van der Waals surface area contributed by atoms with E-state index in [-0.39, 0.29) is 23.3 Å². The molecule has 1 heterocycles. The summed E-state index contributed by atoms with van der Waals surface area (Å²) < 4.78 is 51.1. The first-order valence-corrected chi connectivity index (χ1v) is 12.2. The lowest BCUT2D eigenvalue weighted by Gasteiger charge is -2.17. The normalized spacial score (nSPS) is 15.9. The Morgan fingerprint density at radius 3 is 2.29 bits per heavy atom. The summed E-state index contributed by atoms with van der Waals surface area (Å²) in [4.78, 5) is 13.4. The molecule has 176 valence electrons. The van der Waals surface area contributed by atoms with Crippen molar-refractivity contribution in [1.82, 2.24) is 4.31 Å². The SMILES string of the molecule is CN(C)S(=O)(=O)c1ccc(-c2ccc(F)c(NC(=O)C3(c4ccc5c(c4)OCO5)CC3)c2)cc1. The minimum Gasteiger partial charge on any atom is -0.454 e. The molecule has 34 heavy (non-hydrogen) atoms. The predicted octanol–water partition coefficient (Wildman–Crippen LogP) is 4.14. The van der Waals surface area contributed by atoms with Crippen LogP contribution in [-0.2, 0) is 20.2 Å². The largest absolute Gasteiger partial charge is 0.454 e. The van der Waals surface area contributed by atoms with E-state index in [1.165, 1.54) is 32.3 Å². The molecule has 3 aromatic carbocycles. The van der Waals surface area contributed by atoms with Crippen LogP contribution in [0, 0.1) is 5.82 Å². The number of nitrogens with zero attached hydrogens (tertiary/aromatic N) is 1. The Bertz CT molecular complexity index is 1380. The minimum atomic E-state index is -3.55. The van der Waals surface area contributed by atoms with Gasteiger partial charge in [0.25, 0.3) is 0 Å². The number of rotatable bonds is 6. The quantitative estimate of drug-likeness (QED) is 0.571. The molecule has 9 heteroatoms. The van der Waals surface area contributed by atoms with E-state index >= 15 is 0 Å². The highest BCUT2D eigenvalue weighted by atomic mass is 32.2. The average molecular weight is 483 g/mol. The van der Waals surface area contributed by atoms with Crippen molar-refractivity contribution in [3.8, 4) is 22.6 Å². The highest BCUT2D eigenvalue weighted by Crippen LogP contribution is 2.51. The van der Waals surface area contributed by atoms with E-state index in [0.717, 1.165) is 9.87 Å². The summed E-state index contributed by atoms with van der Waals surface area (Å²) in [7, 11) is -0.613. The Kier molecular flexibility index (Phi) is 5.33. The van der Waals surface area contributed by atoms with Gasteiger partial charge in [0.1, 0.15) is 5.82 Å². The molecule has 3 aromatic rings. The third-order valence-electron chi connectivity index (χ3n) is 6.29. The van der Waals surface area contributed by atoms with Gasteiger partial charge in [-0.2, -0.15) is 0 Å². The molecule has 2 aliphatic rings. The van der Waals surface area contributed by atoms with Crippen molar-refractivity contribution in [1.29, 1.82) is 0 Å². The first kappa shape index (κ1) is 22.4. The van der Waals surface area contributed by atoms with Gasteiger partial charge in [-0.1, -0.05) is 24.3 Å². The van der Waals surface area contributed by atoms with Gasteiger partial charge in [0.05, 0.1) is 16.0 Å². The molecule has 1 aliphatic carbocycles. The number of ether oxygens (including phenoxy) is 2. The lowest BCUT2D eigenvalue weighted by Crippen LogP contribution is -2.28. The number of carbonyl (C=O) groups excluding carboxylic acids is 1. The molecule has 0 aromatic heterocycles. The molecule has 0 bridgehead atoms. The molecule has 1 amide bonds. The first-order valence-electron chi connectivity index (χ1n) is 10.7. The summed E-state index contributed by atoms with van der Waals surface area (Å²) in [6.07, 6.45) is 1.31. The molecular weight excluding hydrogens is 459 g/mol. The lowest BCUT2D eigenvalue weighted by atomic mass is 9.94. The zero-order valence-electron chi connectivity index (χ0n) is 18.7. The Labute approximate surface area is 197 Å². The molecule has 0 spiro atoms. The number of halogens is 1. The number of benzene rings is 3. The van der Waals surface area contributed by atoms with Crippen molar-refractivity contribution in [3.05, 3.63) is 72.0 Å². The summed E-state index contributed by atoms with van der Waals surface area (Å²) in [5.74, 6) is 0.410. The fourth-order valence-corrected chi connectivity index (χ4v) is 4.94. The number of hydrogen-bond donors (Lipinski definition) is 1. The maximum absolute atomic E-state index is 14.6. The van der Waals surface area contributed by atoms with Crippen LogP contribution in [0.5, 0.6) is 11.5 Å². The van der Waals surface area contributed by atoms with Crippen molar-refractivity contribution < 1.29 is 27.1 Å². The summed E-state index contributed by atoms with van der Waals surface area (Å²) in [6, 6.07) is 16.2. The number of carbonyl (C=O) groups is 1. The summed E-state index contributed by atoms with van der Waals surface area (Å²) in [5.41, 5.74) is 1.50. The second-order valence-corrected chi connectivity index (χ2v) is 10.8. The highest BCUT2D eigenvalue weighted by molar-refractivity contribution is 7.89. The molecular formula is C25H23FN2O5S. The van der Waals surface area contributed by atoms with Crippen LogP contribution in [0.1, 0.15) is 18.4 Å². The molecule has 1 saturated carbocycles. The van der Waals surface area contributed by atoms with Crippen LogP contribution in [0.3, 0.4) is 0 Å². The smallest absolute Gasteiger partial charge is 0.242 e. The van der Waals surface area contributed by atoms with Crippen molar-refractivity contribution in [2.24, 2.45) is 0 Å². The molecule has 0 atom stereocenters. The van der Waals surface area contributed by atoms with Crippen molar-refractivity contribution in [3.63, 3.8) is 0 Å². The fraction of sp³-hybridized carbons (Fsp3) is 0.240. The van der Waals surface area contributed by atoms with Gasteiger partial charge in [-0.15, -0.1) is 0 Å². The lowest BCUT2D eigenvalue weighted by molar-refractivity contribution is -0.118. The third kappa shape index (κ3) is 3.80. The molecule has 1 N–H and O–H groups in total. The maximum Gasteiger partial charge on any atom is 0.242 e. The van der Waals surface area contributed by atoms with Gasteiger partial charge >= 0.3 is 0 Å². The van der Waals surface area contributed by atoms with Gasteiger partial charge in [0.2, 0.25) is 22.7 Å². The minimum absolute atomic E-state index is 0.0690. The molecule has 0 radical (unpaired) electrons. The first-order chi connectivity index (χ1) is 16.2. The third-order valence-corrected chi connectivity index (χ3v) is 8.12. The van der Waals surface area contributed by atoms with Gasteiger partial charge in [0.15, 0.2) is 11.5 Å². The molecule has 0 unspecified atom stereocenters. The number of hydrogen-bond acceptors (Lipinski definition) is 5. The van der Waals surface area contributed by atoms with E-state index in [4.69, 9.17) is 9.47 Å². The fourth-order valence-electron chi connectivity index (χ4n) is 4.04. The number of nitrogens with one attached hydrogen (secondary N) is 1. The Morgan fingerprint density at radius 2 is 1.62 bits per heavy atom. The molecule has 1 fully saturated rings. The van der Waals surface area contributed by atoms with Crippen LogP contribution in [0.25, 0.3) is 11.1 Å². The zero-order valence-corrected chi connectivity index (χ0v) is 19.5. The van der Waals surface area contributed by atoms with E-state index in [2.05, 4.69) is 5.32 Å². The van der Waals surface area contributed by atoms with Gasteiger partial charge in [0, 0.05) is 14.1 Å². The standard InChI is InChI=1S/C25H23FN2O5S/c1-28(2)34(30,31)19-7-3-16(4-8-19)17-5-9-20(26)21(13-17)27-24(29)25(11-12-25)18-6-10-22-23(14-18)33-15-32-22/h3-10,13-14H,11-12,15H2,1-2H3,(H,27,29). The Balaban J connectivity index is 1.39. The van der Waals surface area contributed by atoms with Crippen LogP contribution in [0.2, 0.25) is 0 Å². The van der Waals surface area contributed by atoms with Gasteiger partial charge in [-0.3, -0.25) is 4.79 Å². The second-order valence-electron chi connectivity index (χ2n) is 8.61. The van der Waals surface area contributed by atoms with Crippen LogP contribution >= 0.6 is 0 Å². The van der Waals surface area contributed by atoms with E-state index < -0.39 is 21.3 Å². The molecule has 1 aliphatic heterocycles. The van der Waals surface area contributed by atoms with Crippen molar-refractivity contribution in [2.45, 2.75) is 23.2 Å². The van der Waals surface area contributed by atoms with Gasteiger partial charge in [-0.05, 0) is 65.9 Å². The molecule has 5 rings (SSSR count). The number of sulfonamides is 1. The van der Waals surface area contributed by atoms with Crippen LogP contribution < -0.4 is 14.8 Å². The van der Waals surface area contributed by atoms with E-state index in [0.29, 0.717) is 35.5 Å². The van der Waals surface area contributed by atoms with Crippen LogP contribution in [0.15, 0.2) is 65.6 Å². The van der Waals surface area contributed by atoms with Gasteiger partial charge in [-0.25, -0.2) is 17.1 Å². The highest BCUT2D eigenvalue weighted by Gasteiger charge is 2.51. The predicted molar refractivity (Wildman–Crippen MR) is 125 cm³/mol. The Hall–Kier alpha value is -3.43. The summed E-state index contributed by atoms with van der Waals surface area (Å²) in [5, 5.41) is 2.75. The average Bonchev–Trinajstić information content (AvgIpc) is 3.51. The monoisotopic (exact) mass is 482 g/mol. The maximum atomic E-state index is 14.6. The number of amides is 1. The van der Waals surface area contributed by atoms with Crippen LogP contribution in [0.4, 0.5) is 10.1 Å². The number of anilines is 1. The second kappa shape index (κ2) is 8.11. The van der Waals surface area contributed by atoms with E-state index in [1.807, 2.05) is 12.1 Å². The van der Waals surface area contributed by atoms with E-state index in [1.54, 1.807) is 30.3 Å². The van der Waals surface area contributed by atoms with Crippen molar-refractivity contribution in [2.75, 3.05) is 26.2 Å². The van der Waals surface area contributed by atoms with Gasteiger partial charge < -0.3 is 14.8 Å². The molecule has 0 saturated heterocycles.